The lowest BCUT2D eigenvalue weighted by atomic mass is 10.1. The summed E-state index contributed by atoms with van der Waals surface area (Å²) in [5.74, 6) is 0. The number of hydrogen-bond acceptors (Lipinski definition) is 4. The molecule has 4 nitrogen and oxygen atoms in total. The van der Waals surface area contributed by atoms with Crippen molar-refractivity contribution in [3.8, 4) is 0 Å². The first-order chi connectivity index (χ1) is 8.12. The van der Waals surface area contributed by atoms with Crippen LogP contribution in [0.25, 0.3) is 0 Å². The Morgan fingerprint density at radius 2 is 0.944 bits per heavy atom. The first-order valence-corrected chi connectivity index (χ1v) is 6.38. The third-order valence-corrected chi connectivity index (χ3v) is 1.48. The van der Waals surface area contributed by atoms with E-state index in [9.17, 15) is 0 Å². The molecule has 0 rings (SSSR count). The normalized spacial score (nSPS) is 12.0. The van der Waals surface area contributed by atoms with E-state index < -0.39 is 0 Å². The second kappa shape index (κ2) is 10.7. The van der Waals surface area contributed by atoms with E-state index >= 15 is 0 Å². The van der Waals surface area contributed by atoms with Crippen LogP contribution in [0.5, 0.6) is 0 Å². The van der Waals surface area contributed by atoms with Crippen LogP contribution in [-0.4, -0.2) is 51.8 Å². The summed E-state index contributed by atoms with van der Waals surface area (Å²) < 4.78 is 20.2. The monoisotopic (exact) mass is 264 g/mol. The second-order valence-electron chi connectivity index (χ2n) is 5.92. The van der Waals surface area contributed by atoms with Gasteiger partial charge in [0.15, 0.2) is 0 Å². The van der Waals surface area contributed by atoms with Gasteiger partial charge in [-0.05, 0) is 41.5 Å². The molecule has 0 aliphatic rings. The largest absolute Gasteiger partial charge is 0.382 e. The molecule has 0 amide bonds. The molecule has 18 heavy (non-hydrogen) atoms. The third-order valence-electron chi connectivity index (χ3n) is 1.48. The van der Waals surface area contributed by atoms with Gasteiger partial charge in [0.25, 0.3) is 0 Å². The fourth-order valence-electron chi connectivity index (χ4n) is 1.31. The predicted octanol–water partition coefficient (Wildman–Crippen LogP) is 2.90. The van der Waals surface area contributed by atoms with Gasteiger partial charge in [0.05, 0.1) is 37.6 Å². The van der Waals surface area contributed by atoms with Crippen LogP contribution in [0, 0.1) is 0 Å². The number of ether oxygens (including phenoxy) is 4. The molecule has 0 aromatic heterocycles. The molecule has 0 bridgehead atoms. The molecule has 0 saturated carbocycles. The zero-order valence-electron chi connectivity index (χ0n) is 13.5. The molecule has 0 atom stereocenters. The van der Waals surface area contributed by atoms with Gasteiger partial charge in [-0.25, -0.2) is 0 Å². The van der Waals surface area contributed by atoms with Crippen molar-refractivity contribution < 1.29 is 18.9 Å². The quantitative estimate of drug-likeness (QED) is 0.691. The van der Waals surface area contributed by atoms with Gasteiger partial charge in [0.1, 0.15) is 0 Å². The van der Waals surface area contributed by atoms with Gasteiger partial charge in [-0.2, -0.15) is 0 Å². The summed E-state index contributed by atoms with van der Waals surface area (Å²) in [6, 6.07) is 0. The lowest BCUT2D eigenvalue weighted by Crippen LogP contribution is -2.31. The third kappa shape index (κ3) is 24.9. The lowest BCUT2D eigenvalue weighted by molar-refractivity contribution is -0.102. The summed E-state index contributed by atoms with van der Waals surface area (Å²) >= 11 is 0. The van der Waals surface area contributed by atoms with Crippen molar-refractivity contribution >= 4 is 0 Å². The van der Waals surface area contributed by atoms with Crippen LogP contribution in [0.3, 0.4) is 0 Å². The molecule has 0 aliphatic carbocycles. The molecular weight excluding hydrogens is 232 g/mol. The second-order valence-corrected chi connectivity index (χ2v) is 5.92. The molecule has 0 heterocycles. The van der Waals surface area contributed by atoms with E-state index in [1.807, 2.05) is 0 Å². The van der Waals surface area contributed by atoms with E-state index in [0.29, 0.717) is 26.4 Å². The van der Waals surface area contributed by atoms with Crippen LogP contribution >= 0.6 is 0 Å². The van der Waals surface area contributed by atoms with Gasteiger partial charge in [-0.3, -0.25) is 0 Å². The summed E-state index contributed by atoms with van der Waals surface area (Å²) in [7, 11) is 3.30. The lowest BCUT2D eigenvalue weighted by Gasteiger charge is -2.30. The number of methoxy groups -OCH3 is 2. The molecule has 0 unspecified atom stereocenters. The van der Waals surface area contributed by atoms with Crippen molar-refractivity contribution in [2.24, 2.45) is 0 Å². The Morgan fingerprint density at radius 3 is 1.11 bits per heavy atom. The van der Waals surface area contributed by atoms with Crippen LogP contribution in [0.2, 0.25) is 0 Å². The van der Waals surface area contributed by atoms with E-state index in [1.165, 1.54) is 0 Å². The average Bonchev–Trinajstić information content (AvgIpc) is 2.13. The zero-order chi connectivity index (χ0) is 14.7. The minimum absolute atomic E-state index is 0.0156. The molecule has 0 aromatic rings. The molecule has 0 N–H and O–H groups in total. The summed E-state index contributed by atoms with van der Waals surface area (Å²) in [6.45, 7) is 15.0. The highest BCUT2D eigenvalue weighted by Crippen LogP contribution is 2.17. The highest BCUT2D eigenvalue weighted by atomic mass is 16.5. The summed E-state index contributed by atoms with van der Waals surface area (Å²) in [6.07, 6.45) is 0. The van der Waals surface area contributed by atoms with E-state index in [0.717, 1.165) is 0 Å². The minimum Gasteiger partial charge on any atom is -0.382 e. The number of hydrogen-bond donors (Lipinski definition) is 0. The maximum Gasteiger partial charge on any atom is 0.0701 e. The molecule has 4 heteroatoms. The van der Waals surface area contributed by atoms with Crippen LogP contribution in [0.1, 0.15) is 41.5 Å². The van der Waals surface area contributed by atoms with Gasteiger partial charge in [0.2, 0.25) is 0 Å². The Balaban J connectivity index is 0. The van der Waals surface area contributed by atoms with Gasteiger partial charge in [-0.15, -0.1) is 0 Å². The molecule has 0 saturated heterocycles. The van der Waals surface area contributed by atoms with Gasteiger partial charge >= 0.3 is 0 Å². The standard InChI is InChI=1S/C8H18O.C6H14O3/c1-7(2,3)9-8(4,5)6;1-7-3-5-9-6-4-8-2/h1-6H3;3-6H2,1-2H3. The Kier molecular flexibility index (Phi) is 12.0. The fraction of sp³-hybridized carbons (Fsp3) is 1.00. The van der Waals surface area contributed by atoms with E-state index in [4.69, 9.17) is 18.9 Å². The van der Waals surface area contributed by atoms with Crippen molar-refractivity contribution in [3.63, 3.8) is 0 Å². The molecular formula is C14H32O4. The van der Waals surface area contributed by atoms with Gasteiger partial charge < -0.3 is 18.9 Å². The average molecular weight is 264 g/mol. The maximum atomic E-state index is 5.62. The summed E-state index contributed by atoms with van der Waals surface area (Å²) in [5, 5.41) is 0. The topological polar surface area (TPSA) is 36.9 Å². The molecule has 0 fully saturated rings. The van der Waals surface area contributed by atoms with E-state index in [2.05, 4.69) is 41.5 Å². The smallest absolute Gasteiger partial charge is 0.0701 e. The molecule has 0 spiro atoms. The zero-order valence-corrected chi connectivity index (χ0v) is 13.5. The Bertz CT molecular complexity index is 150. The fourth-order valence-corrected chi connectivity index (χ4v) is 1.31. The van der Waals surface area contributed by atoms with E-state index in [-0.39, 0.29) is 11.2 Å². The SMILES string of the molecule is CC(C)(C)OC(C)(C)C.COCCOCCOC. The molecule has 0 radical (unpaired) electrons. The summed E-state index contributed by atoms with van der Waals surface area (Å²) in [5.41, 5.74) is -0.0312. The highest BCUT2D eigenvalue weighted by molar-refractivity contribution is 4.68. The van der Waals surface area contributed by atoms with Crippen LogP contribution in [0.4, 0.5) is 0 Å². The predicted molar refractivity (Wildman–Crippen MR) is 75.2 cm³/mol. The van der Waals surface area contributed by atoms with Gasteiger partial charge in [-0.1, -0.05) is 0 Å². The Hall–Kier alpha value is -0.160. The van der Waals surface area contributed by atoms with Crippen molar-refractivity contribution in [1.29, 1.82) is 0 Å². The number of rotatable bonds is 6. The molecule has 0 aliphatic heterocycles. The van der Waals surface area contributed by atoms with Crippen molar-refractivity contribution in [2.45, 2.75) is 52.7 Å². The first-order valence-electron chi connectivity index (χ1n) is 6.38. The maximum absolute atomic E-state index is 5.62. The summed E-state index contributed by atoms with van der Waals surface area (Å²) in [4.78, 5) is 0. The Labute approximate surface area is 113 Å². The molecule has 0 aromatic carbocycles. The Morgan fingerprint density at radius 1 is 0.611 bits per heavy atom. The molecule has 112 valence electrons. The highest BCUT2D eigenvalue weighted by Gasteiger charge is 2.19. The van der Waals surface area contributed by atoms with Gasteiger partial charge in [0, 0.05) is 14.2 Å². The first kappa shape index (κ1) is 20.2. The van der Waals surface area contributed by atoms with Crippen molar-refractivity contribution in [3.05, 3.63) is 0 Å². The van der Waals surface area contributed by atoms with Crippen LogP contribution in [0.15, 0.2) is 0 Å². The van der Waals surface area contributed by atoms with Crippen molar-refractivity contribution in [1.82, 2.24) is 0 Å². The van der Waals surface area contributed by atoms with Crippen LogP contribution < -0.4 is 0 Å². The minimum atomic E-state index is -0.0156. The van der Waals surface area contributed by atoms with E-state index in [1.54, 1.807) is 14.2 Å². The van der Waals surface area contributed by atoms with Crippen molar-refractivity contribution in [2.75, 3.05) is 40.6 Å². The van der Waals surface area contributed by atoms with Crippen LogP contribution in [-0.2, 0) is 18.9 Å².